The molecule has 0 aliphatic carbocycles. The largest absolute Gasteiger partial charge is 0.0620 e. The van der Waals surface area contributed by atoms with Gasteiger partial charge in [0.25, 0.3) is 0 Å². The van der Waals surface area contributed by atoms with E-state index in [0.717, 1.165) is 0 Å². The summed E-state index contributed by atoms with van der Waals surface area (Å²) >= 11 is 3.48. The van der Waals surface area contributed by atoms with Gasteiger partial charge in [-0.15, -0.1) is 0 Å². The third kappa shape index (κ3) is 4.30. The van der Waals surface area contributed by atoms with Crippen molar-refractivity contribution in [2.75, 3.05) is 0 Å². The van der Waals surface area contributed by atoms with E-state index in [1.165, 1.54) is 32.3 Å². The topological polar surface area (TPSA) is 0 Å². The highest BCUT2D eigenvalue weighted by molar-refractivity contribution is 9.10. The van der Waals surface area contributed by atoms with Crippen LogP contribution in [0.4, 0.5) is 0 Å². The number of halogens is 1. The van der Waals surface area contributed by atoms with E-state index < -0.39 is 0 Å². The lowest BCUT2D eigenvalue weighted by Gasteiger charge is -2.02. The van der Waals surface area contributed by atoms with Crippen molar-refractivity contribution in [2.45, 2.75) is 34.6 Å². The highest BCUT2D eigenvalue weighted by Gasteiger charge is 1.96. The van der Waals surface area contributed by atoms with Gasteiger partial charge in [-0.3, -0.25) is 0 Å². The summed E-state index contributed by atoms with van der Waals surface area (Å²) in [6.45, 7) is 10.6. The second kappa shape index (κ2) is 6.75. The first-order chi connectivity index (χ1) is 8.41. The molecule has 0 aromatic heterocycles. The minimum absolute atomic E-state index is 1.20. The smallest absolute Gasteiger partial charge is 0.0207 e. The Labute approximate surface area is 119 Å². The maximum atomic E-state index is 3.48. The second-order valence-corrected chi connectivity index (χ2v) is 5.62. The first-order valence-corrected chi connectivity index (χ1v) is 6.96. The van der Waals surface area contributed by atoms with Gasteiger partial charge in [0.1, 0.15) is 0 Å². The Morgan fingerprint density at radius 3 is 1.44 bits per heavy atom. The molecule has 0 heterocycles. The molecule has 1 heteroatoms. The molecule has 0 amide bonds. The van der Waals surface area contributed by atoms with E-state index >= 15 is 0 Å². The summed E-state index contributed by atoms with van der Waals surface area (Å²) in [5.74, 6) is 0. The molecule has 0 saturated heterocycles. The van der Waals surface area contributed by atoms with Crippen molar-refractivity contribution in [1.29, 1.82) is 0 Å². The monoisotopic (exact) mass is 304 g/mol. The standard InChI is InChI=1S/C9H11Br.C8H10/c1-6-4-8(3)9(10)5-7(6)2;1-7-5-3-4-6-8(7)2/h4-5H,1-3H3;3-6H,1-2H3. The van der Waals surface area contributed by atoms with Crippen LogP contribution in [0.25, 0.3) is 0 Å². The molecule has 2 aromatic rings. The number of hydrogen-bond acceptors (Lipinski definition) is 0. The van der Waals surface area contributed by atoms with Gasteiger partial charge in [0.15, 0.2) is 0 Å². The summed E-state index contributed by atoms with van der Waals surface area (Å²) in [6, 6.07) is 12.7. The van der Waals surface area contributed by atoms with E-state index in [1.807, 2.05) is 0 Å². The van der Waals surface area contributed by atoms with Gasteiger partial charge < -0.3 is 0 Å². The van der Waals surface area contributed by atoms with Gasteiger partial charge in [0.2, 0.25) is 0 Å². The zero-order valence-electron chi connectivity index (χ0n) is 11.8. The third-order valence-corrected chi connectivity index (χ3v) is 4.05. The van der Waals surface area contributed by atoms with Crippen molar-refractivity contribution in [3.05, 3.63) is 68.7 Å². The lowest BCUT2D eigenvalue weighted by Crippen LogP contribution is -1.83. The van der Waals surface area contributed by atoms with Crippen LogP contribution in [0, 0.1) is 34.6 Å². The maximum Gasteiger partial charge on any atom is 0.0207 e. The van der Waals surface area contributed by atoms with Crippen LogP contribution >= 0.6 is 15.9 Å². The van der Waals surface area contributed by atoms with Crippen LogP contribution in [-0.4, -0.2) is 0 Å². The Hall–Kier alpha value is -1.08. The van der Waals surface area contributed by atoms with Gasteiger partial charge in [-0.2, -0.15) is 0 Å². The highest BCUT2D eigenvalue weighted by atomic mass is 79.9. The van der Waals surface area contributed by atoms with Gasteiger partial charge in [-0.05, 0) is 68.5 Å². The van der Waals surface area contributed by atoms with Crippen LogP contribution in [-0.2, 0) is 0 Å². The molecule has 0 bridgehead atoms. The Morgan fingerprint density at radius 2 is 1.06 bits per heavy atom. The van der Waals surface area contributed by atoms with E-state index in [4.69, 9.17) is 0 Å². The molecule has 0 fully saturated rings. The zero-order valence-corrected chi connectivity index (χ0v) is 13.4. The van der Waals surface area contributed by atoms with Gasteiger partial charge in [-0.25, -0.2) is 0 Å². The molecule has 0 spiro atoms. The van der Waals surface area contributed by atoms with Gasteiger partial charge in [0, 0.05) is 4.47 Å². The zero-order chi connectivity index (χ0) is 13.7. The van der Waals surface area contributed by atoms with Gasteiger partial charge in [0.05, 0.1) is 0 Å². The molecular formula is C17H21Br. The molecule has 0 nitrogen and oxygen atoms in total. The molecule has 18 heavy (non-hydrogen) atoms. The second-order valence-electron chi connectivity index (χ2n) is 4.77. The van der Waals surface area contributed by atoms with E-state index in [9.17, 15) is 0 Å². The van der Waals surface area contributed by atoms with Crippen LogP contribution in [0.5, 0.6) is 0 Å². The minimum Gasteiger partial charge on any atom is -0.0620 e. The third-order valence-electron chi connectivity index (χ3n) is 3.20. The molecule has 0 atom stereocenters. The summed E-state index contributed by atoms with van der Waals surface area (Å²) < 4.78 is 1.20. The van der Waals surface area contributed by atoms with Crippen LogP contribution < -0.4 is 0 Å². The summed E-state index contributed by atoms with van der Waals surface area (Å²) in [5, 5.41) is 0. The number of benzene rings is 2. The fourth-order valence-electron chi connectivity index (χ4n) is 1.59. The van der Waals surface area contributed by atoms with Crippen molar-refractivity contribution in [3.63, 3.8) is 0 Å². The van der Waals surface area contributed by atoms with Gasteiger partial charge in [-0.1, -0.05) is 46.3 Å². The molecule has 0 radical (unpaired) electrons. The Morgan fingerprint density at radius 1 is 0.611 bits per heavy atom. The number of aryl methyl sites for hydroxylation is 5. The Kier molecular flexibility index (Phi) is 5.61. The Bertz CT molecular complexity index is 456. The summed E-state index contributed by atoms with van der Waals surface area (Å²) in [7, 11) is 0. The Balaban J connectivity index is 0.000000184. The van der Waals surface area contributed by atoms with E-state index in [0.29, 0.717) is 0 Å². The average Bonchev–Trinajstić information content (AvgIpc) is 2.31. The predicted molar refractivity (Wildman–Crippen MR) is 84.3 cm³/mol. The van der Waals surface area contributed by atoms with Crippen LogP contribution in [0.15, 0.2) is 40.9 Å². The van der Waals surface area contributed by atoms with E-state index in [-0.39, 0.29) is 0 Å². The molecule has 96 valence electrons. The number of rotatable bonds is 0. The fourth-order valence-corrected chi connectivity index (χ4v) is 2.05. The SMILES string of the molecule is Cc1cc(C)c(Br)cc1C.Cc1ccccc1C. The normalized spacial score (nSPS) is 9.67. The molecular weight excluding hydrogens is 284 g/mol. The molecule has 2 aromatic carbocycles. The van der Waals surface area contributed by atoms with Gasteiger partial charge >= 0.3 is 0 Å². The molecule has 0 saturated carbocycles. The van der Waals surface area contributed by atoms with Crippen molar-refractivity contribution >= 4 is 15.9 Å². The molecule has 0 unspecified atom stereocenters. The van der Waals surface area contributed by atoms with Crippen molar-refractivity contribution in [2.24, 2.45) is 0 Å². The van der Waals surface area contributed by atoms with E-state index in [2.05, 4.69) is 86.9 Å². The lowest BCUT2D eigenvalue weighted by molar-refractivity contribution is 1.28. The lowest BCUT2D eigenvalue weighted by atomic mass is 10.1. The quantitative estimate of drug-likeness (QED) is 0.587. The highest BCUT2D eigenvalue weighted by Crippen LogP contribution is 2.19. The first kappa shape index (κ1) is 15.0. The molecule has 0 aliphatic rings. The average molecular weight is 305 g/mol. The van der Waals surface area contributed by atoms with E-state index in [1.54, 1.807) is 0 Å². The van der Waals surface area contributed by atoms with Crippen molar-refractivity contribution < 1.29 is 0 Å². The predicted octanol–water partition coefficient (Wildman–Crippen LogP) is 5.68. The van der Waals surface area contributed by atoms with Crippen molar-refractivity contribution in [1.82, 2.24) is 0 Å². The molecule has 0 aliphatic heterocycles. The molecule has 0 N–H and O–H groups in total. The maximum absolute atomic E-state index is 3.48. The van der Waals surface area contributed by atoms with Crippen LogP contribution in [0.1, 0.15) is 27.8 Å². The van der Waals surface area contributed by atoms with Crippen molar-refractivity contribution in [3.8, 4) is 0 Å². The first-order valence-electron chi connectivity index (χ1n) is 6.17. The summed E-state index contributed by atoms with van der Waals surface area (Å²) in [4.78, 5) is 0. The van der Waals surface area contributed by atoms with Crippen LogP contribution in [0.3, 0.4) is 0 Å². The summed E-state index contributed by atoms with van der Waals surface area (Å²) in [6.07, 6.45) is 0. The minimum atomic E-state index is 1.20. The molecule has 2 rings (SSSR count). The van der Waals surface area contributed by atoms with Crippen LogP contribution in [0.2, 0.25) is 0 Å². The number of hydrogen-bond donors (Lipinski definition) is 0. The fraction of sp³-hybridized carbons (Fsp3) is 0.294. The summed E-state index contributed by atoms with van der Waals surface area (Å²) in [5.41, 5.74) is 6.75.